The minimum atomic E-state index is -0.674. The third kappa shape index (κ3) is 4.99. The highest BCUT2D eigenvalue weighted by Gasteiger charge is 2.42. The van der Waals surface area contributed by atoms with Gasteiger partial charge in [-0.2, -0.15) is 0 Å². The molecule has 6 nitrogen and oxygen atoms in total. The van der Waals surface area contributed by atoms with E-state index >= 15 is 0 Å². The van der Waals surface area contributed by atoms with E-state index in [1.54, 1.807) is 12.1 Å². The zero-order valence-electron chi connectivity index (χ0n) is 21.2. The second-order valence-electron chi connectivity index (χ2n) is 10.0. The normalized spacial score (nSPS) is 22.1. The number of rotatable bonds is 6. The molecule has 0 bridgehead atoms. The van der Waals surface area contributed by atoms with Crippen LogP contribution in [0.3, 0.4) is 0 Å². The Hall–Kier alpha value is -3.25. The lowest BCUT2D eigenvalue weighted by atomic mass is 9.71. The Morgan fingerprint density at radius 2 is 1.84 bits per heavy atom. The molecule has 0 radical (unpaired) electrons. The van der Waals surface area contributed by atoms with Crippen LogP contribution < -0.4 is 10.1 Å². The molecule has 194 valence electrons. The van der Waals surface area contributed by atoms with E-state index in [0.717, 1.165) is 36.9 Å². The number of hydrogen-bond acceptors (Lipinski definition) is 6. The Balaban J connectivity index is 1.60. The van der Waals surface area contributed by atoms with Crippen molar-refractivity contribution in [3.05, 3.63) is 81.2 Å². The van der Waals surface area contributed by atoms with Gasteiger partial charge in [-0.15, -0.1) is 0 Å². The number of phenolic OH excluding ortho intramolecular Hbond substituents is 1. The number of ether oxygens (including phenoxy) is 2. The summed E-state index contributed by atoms with van der Waals surface area (Å²) in [6.45, 7) is 3.99. The second-order valence-corrected chi connectivity index (χ2v) is 10.4. The van der Waals surface area contributed by atoms with Gasteiger partial charge in [0.15, 0.2) is 17.3 Å². The number of benzene rings is 2. The number of allylic oxidation sites excluding steroid dienone is 3. The fraction of sp³-hybridized carbons (Fsp3) is 0.400. The Morgan fingerprint density at radius 3 is 2.54 bits per heavy atom. The van der Waals surface area contributed by atoms with E-state index in [4.69, 9.17) is 21.1 Å². The van der Waals surface area contributed by atoms with E-state index in [-0.39, 0.29) is 34.3 Å². The number of aromatic hydroxyl groups is 1. The van der Waals surface area contributed by atoms with E-state index in [9.17, 15) is 14.7 Å². The third-order valence-electron chi connectivity index (χ3n) is 7.58. The Kier molecular flexibility index (Phi) is 7.29. The maximum atomic E-state index is 13.8. The van der Waals surface area contributed by atoms with Gasteiger partial charge in [-0.05, 0) is 75.1 Å². The molecule has 3 aliphatic rings. The molecule has 0 amide bonds. The number of carbonyl (C=O) groups excluding carboxylic acids is 2. The van der Waals surface area contributed by atoms with Crippen LogP contribution in [0, 0.1) is 0 Å². The van der Waals surface area contributed by atoms with Crippen LogP contribution in [0.15, 0.2) is 65.0 Å². The average Bonchev–Trinajstić information content (AvgIpc) is 3.39. The van der Waals surface area contributed by atoms with Crippen LogP contribution in [0.5, 0.6) is 11.5 Å². The van der Waals surface area contributed by atoms with Crippen molar-refractivity contribution in [3.8, 4) is 11.5 Å². The maximum absolute atomic E-state index is 13.8. The van der Waals surface area contributed by atoms with E-state index in [1.165, 1.54) is 0 Å². The second kappa shape index (κ2) is 10.6. The van der Waals surface area contributed by atoms with Gasteiger partial charge in [0, 0.05) is 29.3 Å². The SMILES string of the molecule is CCOc1cc([C@H]2C(C(=O)OC3CCCC3)=C(C)NC3=C2C(=O)C[C@H](c2ccccc2)C3)cc(Cl)c1O. The molecule has 0 unspecified atom stereocenters. The van der Waals surface area contributed by atoms with Gasteiger partial charge in [0.1, 0.15) is 6.10 Å². The molecule has 2 N–H and O–H groups in total. The minimum Gasteiger partial charge on any atom is -0.503 e. The van der Waals surface area contributed by atoms with Crippen LogP contribution in [0.1, 0.15) is 75.3 Å². The molecule has 0 saturated heterocycles. The van der Waals surface area contributed by atoms with Crippen LogP contribution >= 0.6 is 11.6 Å². The third-order valence-corrected chi connectivity index (χ3v) is 7.87. The fourth-order valence-electron chi connectivity index (χ4n) is 5.85. The maximum Gasteiger partial charge on any atom is 0.337 e. The van der Waals surface area contributed by atoms with Crippen LogP contribution in [0.4, 0.5) is 0 Å². The summed E-state index contributed by atoms with van der Waals surface area (Å²) in [7, 11) is 0. The molecule has 0 spiro atoms. The van der Waals surface area contributed by atoms with Gasteiger partial charge in [-0.25, -0.2) is 4.79 Å². The molecule has 7 heteroatoms. The zero-order chi connectivity index (χ0) is 26.1. The van der Waals surface area contributed by atoms with Gasteiger partial charge in [-0.3, -0.25) is 4.79 Å². The first-order valence-electron chi connectivity index (χ1n) is 13.0. The van der Waals surface area contributed by atoms with Crippen molar-refractivity contribution in [1.82, 2.24) is 5.32 Å². The molecule has 1 saturated carbocycles. The highest BCUT2D eigenvalue weighted by atomic mass is 35.5. The van der Waals surface area contributed by atoms with Gasteiger partial charge in [0.05, 0.1) is 17.2 Å². The molecule has 2 aliphatic carbocycles. The summed E-state index contributed by atoms with van der Waals surface area (Å²) < 4.78 is 11.6. The van der Waals surface area contributed by atoms with E-state index in [2.05, 4.69) is 5.32 Å². The van der Waals surface area contributed by atoms with Gasteiger partial charge < -0.3 is 19.9 Å². The largest absolute Gasteiger partial charge is 0.503 e. The first kappa shape index (κ1) is 25.4. The smallest absolute Gasteiger partial charge is 0.337 e. The first-order valence-corrected chi connectivity index (χ1v) is 13.4. The number of carbonyl (C=O) groups is 2. The molecule has 5 rings (SSSR count). The predicted octanol–water partition coefficient (Wildman–Crippen LogP) is 6.29. The molecule has 2 atom stereocenters. The molecule has 1 heterocycles. The quantitative estimate of drug-likeness (QED) is 0.434. The van der Waals surface area contributed by atoms with Gasteiger partial charge in [0.25, 0.3) is 0 Å². The van der Waals surface area contributed by atoms with Crippen LogP contribution in [-0.2, 0) is 14.3 Å². The van der Waals surface area contributed by atoms with Crippen molar-refractivity contribution in [2.24, 2.45) is 0 Å². The number of dihydropyridines is 1. The molecule has 2 aromatic carbocycles. The Labute approximate surface area is 222 Å². The topological polar surface area (TPSA) is 84.9 Å². The highest BCUT2D eigenvalue weighted by molar-refractivity contribution is 6.32. The highest BCUT2D eigenvalue weighted by Crippen LogP contribution is 2.48. The monoisotopic (exact) mass is 521 g/mol. The standard InChI is InChI=1S/C30H32ClNO5/c1-3-36-25-16-20(13-22(31)29(25)34)27-26(30(35)37-21-11-7-8-12-21)17(2)32-23-14-19(15-24(33)28(23)27)18-9-5-4-6-10-18/h4-6,9-10,13,16,19,21,27,32,34H,3,7-8,11-12,14-15H2,1-2H3/t19-,27+/m1/s1. The summed E-state index contributed by atoms with van der Waals surface area (Å²) in [6.07, 6.45) is 4.65. The van der Waals surface area contributed by atoms with E-state index < -0.39 is 11.9 Å². The van der Waals surface area contributed by atoms with Crippen LogP contribution in [0.2, 0.25) is 5.02 Å². The van der Waals surface area contributed by atoms with Crippen molar-refractivity contribution in [3.63, 3.8) is 0 Å². The lowest BCUT2D eigenvalue weighted by Crippen LogP contribution is -2.36. The number of halogens is 1. The predicted molar refractivity (Wildman–Crippen MR) is 142 cm³/mol. The molecule has 1 fully saturated rings. The number of phenols is 1. The Morgan fingerprint density at radius 1 is 1.11 bits per heavy atom. The molecule has 37 heavy (non-hydrogen) atoms. The molecule has 0 aromatic heterocycles. The number of nitrogens with one attached hydrogen (secondary N) is 1. The Bertz CT molecular complexity index is 1280. The van der Waals surface area contributed by atoms with Crippen LogP contribution in [0.25, 0.3) is 0 Å². The van der Waals surface area contributed by atoms with E-state index in [0.29, 0.717) is 41.9 Å². The summed E-state index contributed by atoms with van der Waals surface area (Å²) in [4.78, 5) is 27.4. The van der Waals surface area contributed by atoms with Gasteiger partial charge >= 0.3 is 5.97 Å². The first-order chi connectivity index (χ1) is 17.9. The van der Waals surface area contributed by atoms with Crippen molar-refractivity contribution in [1.29, 1.82) is 0 Å². The lowest BCUT2D eigenvalue weighted by Gasteiger charge is -2.37. The number of Topliss-reactive ketones (excluding diaryl/α,β-unsaturated/α-hetero) is 1. The van der Waals surface area contributed by atoms with Crippen molar-refractivity contribution < 1.29 is 24.2 Å². The summed E-state index contributed by atoms with van der Waals surface area (Å²) in [5, 5.41) is 14.0. The van der Waals surface area contributed by atoms with Crippen molar-refractivity contribution >= 4 is 23.4 Å². The summed E-state index contributed by atoms with van der Waals surface area (Å²) in [5.41, 5.74) is 4.16. The fourth-order valence-corrected chi connectivity index (χ4v) is 6.07. The van der Waals surface area contributed by atoms with E-state index in [1.807, 2.05) is 44.2 Å². The summed E-state index contributed by atoms with van der Waals surface area (Å²) in [5.74, 6) is -1.01. The average molecular weight is 522 g/mol. The molecule has 2 aromatic rings. The number of esters is 1. The van der Waals surface area contributed by atoms with Gasteiger partial charge in [0.2, 0.25) is 0 Å². The molecule has 1 aliphatic heterocycles. The summed E-state index contributed by atoms with van der Waals surface area (Å²) in [6, 6.07) is 13.3. The van der Waals surface area contributed by atoms with Crippen LogP contribution in [-0.4, -0.2) is 29.6 Å². The number of hydrogen-bond donors (Lipinski definition) is 2. The van der Waals surface area contributed by atoms with Gasteiger partial charge in [-0.1, -0.05) is 41.9 Å². The molecular weight excluding hydrogens is 490 g/mol. The minimum absolute atomic E-state index is 0.0200. The van der Waals surface area contributed by atoms with Crippen molar-refractivity contribution in [2.75, 3.05) is 6.61 Å². The summed E-state index contributed by atoms with van der Waals surface area (Å²) >= 11 is 6.41. The lowest BCUT2D eigenvalue weighted by molar-refractivity contribution is -0.144. The molecular formula is C30H32ClNO5. The van der Waals surface area contributed by atoms with Crippen molar-refractivity contribution in [2.45, 2.75) is 70.3 Å². The zero-order valence-corrected chi connectivity index (χ0v) is 21.9. The number of ketones is 1.